The minimum absolute atomic E-state index is 0.0582. The molecule has 0 fully saturated rings. The number of alkyl halides is 6. The first-order valence-electron chi connectivity index (χ1n) is 15.8. The molecule has 54 heavy (non-hydrogen) atoms. The van der Waals surface area contributed by atoms with Gasteiger partial charge in [-0.1, -0.05) is 84.8 Å². The van der Waals surface area contributed by atoms with E-state index in [1.807, 2.05) is 6.92 Å². The largest absolute Gasteiger partial charge is 0.462 e. The normalized spacial score (nSPS) is 19.6. The van der Waals surface area contributed by atoms with E-state index in [2.05, 4.69) is 26.2 Å². The zero-order chi connectivity index (χ0) is 39.8. The predicted molar refractivity (Wildman–Crippen MR) is 199 cm³/mol. The Morgan fingerprint density at radius 3 is 1.48 bits per heavy atom. The molecule has 0 amide bonds. The van der Waals surface area contributed by atoms with Crippen LogP contribution in [0.5, 0.6) is 0 Å². The van der Waals surface area contributed by atoms with Gasteiger partial charge in [0, 0.05) is 48.5 Å². The van der Waals surface area contributed by atoms with Gasteiger partial charge in [0.1, 0.15) is 0 Å². The molecular formula is C37H27BrCl4F6N2O4. The number of aryl methyl sites for hydroxylation is 2. The van der Waals surface area contributed by atoms with Crippen molar-refractivity contribution in [3.63, 3.8) is 0 Å². The second-order valence-electron chi connectivity index (χ2n) is 12.3. The van der Waals surface area contributed by atoms with Crippen LogP contribution in [-0.4, -0.2) is 36.4 Å². The minimum atomic E-state index is -4.77. The maximum atomic E-state index is 14.0. The van der Waals surface area contributed by atoms with Crippen LogP contribution in [0.3, 0.4) is 0 Å². The second kappa shape index (κ2) is 15.9. The molecule has 0 N–H and O–H groups in total. The van der Waals surface area contributed by atoms with Crippen LogP contribution in [0.1, 0.15) is 63.5 Å². The Hall–Kier alpha value is -3.49. The van der Waals surface area contributed by atoms with Crippen molar-refractivity contribution in [3.8, 4) is 0 Å². The summed E-state index contributed by atoms with van der Waals surface area (Å²) < 4.78 is 89.7. The number of benzene rings is 4. The van der Waals surface area contributed by atoms with E-state index in [4.69, 9.17) is 60.8 Å². The Morgan fingerprint density at radius 2 is 1.11 bits per heavy atom. The Bertz CT molecular complexity index is 2120. The smallest absolute Gasteiger partial charge is 0.435 e. The summed E-state index contributed by atoms with van der Waals surface area (Å²) in [6.07, 6.45) is -10.5. The number of ether oxygens (including phenoxy) is 1. The van der Waals surface area contributed by atoms with Gasteiger partial charge in [0.2, 0.25) is 0 Å². The van der Waals surface area contributed by atoms with E-state index in [-0.39, 0.29) is 49.2 Å². The quantitative estimate of drug-likeness (QED) is 0.143. The maximum Gasteiger partial charge on any atom is 0.435 e. The van der Waals surface area contributed by atoms with Crippen molar-refractivity contribution in [2.45, 2.75) is 57.2 Å². The van der Waals surface area contributed by atoms with E-state index in [1.165, 1.54) is 36.4 Å². The summed E-state index contributed by atoms with van der Waals surface area (Å²) in [5.74, 6) is -0.501. The monoisotopic (exact) mass is 896 g/mol. The first-order valence-corrected chi connectivity index (χ1v) is 18.1. The Kier molecular flexibility index (Phi) is 12.3. The van der Waals surface area contributed by atoms with Crippen LogP contribution in [0, 0.1) is 13.8 Å². The summed E-state index contributed by atoms with van der Waals surface area (Å²) in [5, 5.41) is 7.75. The van der Waals surface area contributed by atoms with Gasteiger partial charge in [0.25, 0.3) is 11.2 Å². The Morgan fingerprint density at radius 1 is 0.704 bits per heavy atom. The number of carbonyl (C=O) groups excluding carboxylic acids is 1. The topological polar surface area (TPSA) is 69.5 Å². The molecule has 0 saturated heterocycles. The number of oxime groups is 2. The van der Waals surface area contributed by atoms with Gasteiger partial charge in [0.05, 0.1) is 23.6 Å². The Balaban J connectivity index is 0.000000210. The van der Waals surface area contributed by atoms with Gasteiger partial charge < -0.3 is 14.4 Å². The molecule has 17 heteroatoms. The third kappa shape index (κ3) is 8.50. The van der Waals surface area contributed by atoms with E-state index >= 15 is 0 Å². The zero-order valence-corrected chi connectivity index (χ0v) is 32.8. The fourth-order valence-corrected chi connectivity index (χ4v) is 7.10. The standard InChI is InChI=1S/C20H16Cl2F3NO3.C17H11BrCl2F3NO/c1-3-28-18(27)16-5-4-12(6-11(16)2)17-10-19(29-26-17,20(23,24)25)13-7-14(21)9-15(22)8-13;1-9-4-10(2-3-14(9)18)15-8-16(25-24-15,17(21,22)23)11-5-12(19)7-13(20)6-11/h4-9H,3,10H2,1-2H3;2-7H,8H2,1H3. The number of rotatable bonds is 6. The van der Waals surface area contributed by atoms with E-state index in [9.17, 15) is 31.1 Å². The highest BCUT2D eigenvalue weighted by Gasteiger charge is 2.63. The highest BCUT2D eigenvalue weighted by Crippen LogP contribution is 2.51. The first-order chi connectivity index (χ1) is 25.2. The molecule has 2 aliphatic heterocycles. The fourth-order valence-electron chi connectivity index (χ4n) is 5.80. The van der Waals surface area contributed by atoms with Crippen LogP contribution in [0.25, 0.3) is 0 Å². The Labute approximate surface area is 334 Å². The van der Waals surface area contributed by atoms with Crippen molar-refractivity contribution >= 4 is 79.7 Å². The highest BCUT2D eigenvalue weighted by atomic mass is 79.9. The summed E-state index contributed by atoms with van der Waals surface area (Å²) in [7, 11) is 0. The summed E-state index contributed by atoms with van der Waals surface area (Å²) in [6.45, 7) is 5.42. The van der Waals surface area contributed by atoms with Crippen LogP contribution in [0.2, 0.25) is 20.1 Å². The van der Waals surface area contributed by atoms with Gasteiger partial charge in [-0.05, 0) is 104 Å². The molecule has 4 aromatic carbocycles. The summed E-state index contributed by atoms with van der Waals surface area (Å²) >= 11 is 26.9. The molecule has 0 aliphatic carbocycles. The molecule has 2 atom stereocenters. The number of halogens is 11. The van der Waals surface area contributed by atoms with Gasteiger partial charge in [-0.3, -0.25) is 0 Å². The van der Waals surface area contributed by atoms with Gasteiger partial charge >= 0.3 is 18.3 Å². The third-order valence-electron chi connectivity index (χ3n) is 8.58. The lowest BCUT2D eigenvalue weighted by Gasteiger charge is -2.29. The van der Waals surface area contributed by atoms with Crippen molar-refractivity contribution in [3.05, 3.63) is 136 Å². The number of esters is 1. The van der Waals surface area contributed by atoms with E-state index in [0.29, 0.717) is 22.3 Å². The van der Waals surface area contributed by atoms with Gasteiger partial charge in [-0.25, -0.2) is 4.79 Å². The molecule has 6 nitrogen and oxygen atoms in total. The molecule has 4 aromatic rings. The van der Waals surface area contributed by atoms with Crippen LogP contribution in [0.15, 0.2) is 87.6 Å². The number of nitrogens with zero attached hydrogens (tertiary/aromatic N) is 2. The molecule has 0 saturated carbocycles. The molecule has 0 bridgehead atoms. The van der Waals surface area contributed by atoms with Gasteiger partial charge in [0.15, 0.2) is 0 Å². The van der Waals surface area contributed by atoms with Gasteiger partial charge in [-0.15, -0.1) is 0 Å². The second-order valence-corrected chi connectivity index (χ2v) is 14.9. The van der Waals surface area contributed by atoms with Crippen LogP contribution in [0.4, 0.5) is 26.3 Å². The summed E-state index contributed by atoms with van der Waals surface area (Å²) in [5.41, 5.74) is -2.67. The van der Waals surface area contributed by atoms with Gasteiger partial charge in [-0.2, -0.15) is 26.3 Å². The van der Waals surface area contributed by atoms with Crippen molar-refractivity contribution in [1.82, 2.24) is 0 Å². The summed E-state index contributed by atoms with van der Waals surface area (Å²) in [6, 6.07) is 17.2. The molecular weight excluding hydrogens is 872 g/mol. The molecule has 0 aromatic heterocycles. The predicted octanol–water partition coefficient (Wildman–Crippen LogP) is 12.7. The molecule has 0 spiro atoms. The third-order valence-corrected chi connectivity index (χ3v) is 10.3. The van der Waals surface area contributed by atoms with E-state index in [0.717, 1.165) is 22.2 Å². The minimum Gasteiger partial charge on any atom is -0.462 e. The number of hydrogen-bond donors (Lipinski definition) is 0. The zero-order valence-electron chi connectivity index (χ0n) is 28.2. The van der Waals surface area contributed by atoms with E-state index in [1.54, 1.807) is 38.1 Å². The van der Waals surface area contributed by atoms with Crippen molar-refractivity contribution in [2.75, 3.05) is 6.61 Å². The number of carbonyl (C=O) groups is 1. The number of hydrogen-bond acceptors (Lipinski definition) is 6. The first kappa shape index (κ1) is 41.7. The van der Waals surface area contributed by atoms with Crippen molar-refractivity contribution < 1.29 is 45.5 Å². The molecule has 286 valence electrons. The molecule has 2 heterocycles. The van der Waals surface area contributed by atoms with E-state index < -0.39 is 42.4 Å². The van der Waals surface area contributed by atoms with Crippen LogP contribution in [-0.2, 0) is 25.6 Å². The van der Waals surface area contributed by atoms with Crippen LogP contribution < -0.4 is 0 Å². The molecule has 2 unspecified atom stereocenters. The van der Waals surface area contributed by atoms with Crippen LogP contribution >= 0.6 is 62.3 Å². The maximum absolute atomic E-state index is 14.0. The average molecular weight is 899 g/mol. The molecule has 2 aliphatic rings. The SMILES string of the molecule is CCOC(=O)c1ccc(C2=NOC(c3cc(Cl)cc(Cl)c3)(C(F)(F)F)C2)cc1C.Cc1cc(C2=NOC(c3cc(Cl)cc(Cl)c3)(C(F)(F)F)C2)ccc1Br. The lowest BCUT2D eigenvalue weighted by Crippen LogP contribution is -2.42. The lowest BCUT2D eigenvalue weighted by molar-refractivity contribution is -0.276. The molecule has 6 rings (SSSR count). The molecule has 0 radical (unpaired) electrons. The van der Waals surface area contributed by atoms with Crippen molar-refractivity contribution in [1.29, 1.82) is 0 Å². The summed E-state index contributed by atoms with van der Waals surface area (Å²) in [4.78, 5) is 21.9. The average Bonchev–Trinajstić information content (AvgIpc) is 3.73. The van der Waals surface area contributed by atoms with Crippen molar-refractivity contribution in [2.24, 2.45) is 10.3 Å². The highest BCUT2D eigenvalue weighted by molar-refractivity contribution is 9.10. The fraction of sp³-hybridized carbons (Fsp3) is 0.270. The lowest BCUT2D eigenvalue weighted by atomic mass is 9.86.